The maximum Gasteiger partial charge on any atom is 0.327 e. The first-order valence-electron chi connectivity index (χ1n) is 9.77. The normalized spacial score (nSPS) is 12.5. The highest BCUT2D eigenvalue weighted by Gasteiger charge is 2.14. The van der Waals surface area contributed by atoms with Crippen LogP contribution in [-0.2, 0) is 22.6 Å². The number of esters is 1. The lowest BCUT2D eigenvalue weighted by atomic mass is 9.93. The molecule has 1 N–H and O–H groups in total. The third kappa shape index (κ3) is 4.68. The molecule has 0 fully saturated rings. The highest BCUT2D eigenvalue weighted by molar-refractivity contribution is 5.76. The van der Waals surface area contributed by atoms with Crippen LogP contribution < -0.4 is 5.32 Å². The number of nitrogens with zero attached hydrogens (tertiary/aromatic N) is 5. The van der Waals surface area contributed by atoms with Crippen molar-refractivity contribution >= 4 is 28.6 Å². The zero-order chi connectivity index (χ0) is 20.1. The number of aromatic nitrogens is 5. The maximum atomic E-state index is 11.6. The molecule has 0 aliphatic carbocycles. The summed E-state index contributed by atoms with van der Waals surface area (Å²) in [5.74, 6) is 1.40. The Morgan fingerprint density at radius 1 is 1.29 bits per heavy atom. The van der Waals surface area contributed by atoms with E-state index in [0.29, 0.717) is 24.4 Å². The monoisotopic (exact) mass is 384 g/mol. The van der Waals surface area contributed by atoms with Crippen LogP contribution in [0.5, 0.6) is 0 Å². The molecule has 0 radical (unpaired) electrons. The summed E-state index contributed by atoms with van der Waals surface area (Å²) in [4.78, 5) is 20.6. The van der Waals surface area contributed by atoms with Crippen molar-refractivity contribution in [2.75, 3.05) is 11.9 Å². The Morgan fingerprint density at radius 2 is 2.11 bits per heavy atom. The van der Waals surface area contributed by atoms with E-state index in [4.69, 9.17) is 4.74 Å². The fourth-order valence-electron chi connectivity index (χ4n) is 3.22. The van der Waals surface area contributed by atoms with Gasteiger partial charge in [-0.2, -0.15) is 10.1 Å². The molecule has 8 nitrogen and oxygen atoms in total. The number of ether oxygens (including phenoxy) is 1. The molecule has 0 spiro atoms. The van der Waals surface area contributed by atoms with E-state index in [-0.39, 0.29) is 12.5 Å². The number of fused-ring (bicyclic) bond motifs is 1. The fourth-order valence-corrected chi connectivity index (χ4v) is 3.22. The zero-order valence-electron chi connectivity index (χ0n) is 16.9. The minimum atomic E-state index is -0.316. The van der Waals surface area contributed by atoms with Crippen LogP contribution in [0.2, 0.25) is 0 Å². The number of carbonyl (C=O) groups excluding carboxylic acids is 1. The van der Waals surface area contributed by atoms with E-state index in [1.54, 1.807) is 19.3 Å². The second-order valence-corrected chi connectivity index (χ2v) is 7.21. The molecule has 1 unspecified atom stereocenters. The summed E-state index contributed by atoms with van der Waals surface area (Å²) in [6.07, 6.45) is 8.40. The molecule has 0 bridgehead atoms. The van der Waals surface area contributed by atoms with Crippen molar-refractivity contribution in [3.63, 3.8) is 0 Å². The van der Waals surface area contributed by atoms with Gasteiger partial charge in [0.2, 0.25) is 5.95 Å². The number of carbonyl (C=O) groups is 1. The summed E-state index contributed by atoms with van der Waals surface area (Å²) in [5, 5.41) is 8.34. The van der Waals surface area contributed by atoms with E-state index in [1.807, 2.05) is 12.3 Å². The summed E-state index contributed by atoms with van der Waals surface area (Å²) in [6, 6.07) is 2.05. The predicted molar refractivity (Wildman–Crippen MR) is 108 cm³/mol. The lowest BCUT2D eigenvalue weighted by Crippen LogP contribution is -2.15. The number of hydrogen-bond donors (Lipinski definition) is 1. The molecular weight excluding hydrogens is 356 g/mol. The largest absolute Gasteiger partial charge is 0.465 e. The Morgan fingerprint density at radius 3 is 2.82 bits per heavy atom. The maximum absolute atomic E-state index is 11.6. The number of rotatable bonds is 9. The summed E-state index contributed by atoms with van der Waals surface area (Å²) in [7, 11) is 0. The van der Waals surface area contributed by atoms with Crippen molar-refractivity contribution in [3.05, 3.63) is 30.9 Å². The Hall–Kier alpha value is -2.90. The molecule has 28 heavy (non-hydrogen) atoms. The van der Waals surface area contributed by atoms with Gasteiger partial charge in [0.05, 0.1) is 18.5 Å². The average Bonchev–Trinajstić information content (AvgIpc) is 3.26. The predicted octanol–water partition coefficient (Wildman–Crippen LogP) is 3.62. The second kappa shape index (κ2) is 8.86. The molecule has 150 valence electrons. The van der Waals surface area contributed by atoms with Crippen molar-refractivity contribution in [1.29, 1.82) is 0 Å². The first-order chi connectivity index (χ1) is 13.5. The lowest BCUT2D eigenvalue weighted by molar-refractivity contribution is -0.144. The zero-order valence-corrected chi connectivity index (χ0v) is 16.9. The van der Waals surface area contributed by atoms with Crippen molar-refractivity contribution in [1.82, 2.24) is 24.3 Å². The van der Waals surface area contributed by atoms with Crippen LogP contribution in [0.3, 0.4) is 0 Å². The molecule has 0 amide bonds. The quantitative estimate of drug-likeness (QED) is 0.567. The SMILES string of the molecule is CCOC(=O)Cn1cc(Nc2ncc3ccn(CC(CC)C(C)C)c3n2)cn1. The Kier molecular flexibility index (Phi) is 6.28. The van der Waals surface area contributed by atoms with E-state index in [1.165, 1.54) is 4.68 Å². The molecule has 3 heterocycles. The van der Waals surface area contributed by atoms with Crippen LogP contribution >= 0.6 is 0 Å². The van der Waals surface area contributed by atoms with Gasteiger partial charge < -0.3 is 14.6 Å². The van der Waals surface area contributed by atoms with Gasteiger partial charge in [0.1, 0.15) is 12.2 Å². The van der Waals surface area contributed by atoms with Crippen molar-refractivity contribution in [2.24, 2.45) is 11.8 Å². The van der Waals surface area contributed by atoms with Gasteiger partial charge in [-0.25, -0.2) is 4.98 Å². The smallest absolute Gasteiger partial charge is 0.327 e. The highest BCUT2D eigenvalue weighted by Crippen LogP contribution is 2.22. The van der Waals surface area contributed by atoms with Gasteiger partial charge in [0.15, 0.2) is 0 Å². The van der Waals surface area contributed by atoms with Crippen LogP contribution in [0.4, 0.5) is 11.6 Å². The Bertz CT molecular complexity index is 930. The minimum absolute atomic E-state index is 0.0753. The van der Waals surface area contributed by atoms with Crippen molar-refractivity contribution in [3.8, 4) is 0 Å². The number of nitrogens with one attached hydrogen (secondary N) is 1. The molecule has 3 aromatic rings. The minimum Gasteiger partial charge on any atom is -0.465 e. The standard InChI is InChI=1S/C20H28N6O2/c1-5-15(14(3)4)11-25-8-7-16-9-21-20(24-19(16)25)23-17-10-22-26(12-17)13-18(27)28-6-2/h7-10,12,14-15H,5-6,11,13H2,1-4H3,(H,21,23,24). The molecule has 0 saturated carbocycles. The van der Waals surface area contributed by atoms with Gasteiger partial charge in [-0.05, 0) is 24.8 Å². The third-order valence-corrected chi connectivity index (χ3v) is 4.89. The second-order valence-electron chi connectivity index (χ2n) is 7.21. The molecule has 1 atom stereocenters. The topological polar surface area (TPSA) is 86.9 Å². The first kappa shape index (κ1) is 19.9. The van der Waals surface area contributed by atoms with Gasteiger partial charge in [0, 0.05) is 30.5 Å². The van der Waals surface area contributed by atoms with Crippen LogP contribution in [-0.4, -0.2) is 36.9 Å². The van der Waals surface area contributed by atoms with E-state index in [2.05, 4.69) is 51.9 Å². The molecule has 0 aliphatic rings. The van der Waals surface area contributed by atoms with Gasteiger partial charge >= 0.3 is 5.97 Å². The number of anilines is 2. The first-order valence-corrected chi connectivity index (χ1v) is 9.77. The van der Waals surface area contributed by atoms with E-state index >= 15 is 0 Å². The molecule has 0 saturated heterocycles. The summed E-state index contributed by atoms with van der Waals surface area (Å²) in [5.41, 5.74) is 1.63. The summed E-state index contributed by atoms with van der Waals surface area (Å²) in [6.45, 7) is 9.89. The van der Waals surface area contributed by atoms with E-state index in [0.717, 1.165) is 29.7 Å². The van der Waals surface area contributed by atoms with E-state index in [9.17, 15) is 4.79 Å². The molecule has 3 aromatic heterocycles. The molecule has 0 aliphatic heterocycles. The average molecular weight is 384 g/mol. The molecule has 8 heteroatoms. The van der Waals surface area contributed by atoms with Crippen LogP contribution in [0, 0.1) is 11.8 Å². The Labute approximate surface area is 164 Å². The van der Waals surface area contributed by atoms with Crippen molar-refractivity contribution < 1.29 is 9.53 Å². The summed E-state index contributed by atoms with van der Waals surface area (Å²) >= 11 is 0. The van der Waals surface area contributed by atoms with Crippen molar-refractivity contribution in [2.45, 2.75) is 47.2 Å². The van der Waals surface area contributed by atoms with Gasteiger partial charge in [0.25, 0.3) is 0 Å². The lowest BCUT2D eigenvalue weighted by Gasteiger charge is -2.20. The molecule has 0 aromatic carbocycles. The fraction of sp³-hybridized carbons (Fsp3) is 0.500. The molecule has 3 rings (SSSR count). The van der Waals surface area contributed by atoms with Gasteiger partial charge in [-0.15, -0.1) is 0 Å². The highest BCUT2D eigenvalue weighted by atomic mass is 16.5. The van der Waals surface area contributed by atoms with Crippen LogP contribution in [0.25, 0.3) is 11.0 Å². The summed E-state index contributed by atoms with van der Waals surface area (Å²) < 4.78 is 8.65. The Balaban J connectivity index is 1.74. The number of hydrogen-bond acceptors (Lipinski definition) is 6. The molecular formula is C20H28N6O2. The van der Waals surface area contributed by atoms with E-state index < -0.39 is 0 Å². The van der Waals surface area contributed by atoms with Crippen LogP contribution in [0.1, 0.15) is 34.1 Å². The van der Waals surface area contributed by atoms with Gasteiger partial charge in [-0.1, -0.05) is 27.2 Å². The van der Waals surface area contributed by atoms with Gasteiger partial charge in [-0.3, -0.25) is 9.48 Å². The van der Waals surface area contributed by atoms with Crippen LogP contribution in [0.15, 0.2) is 30.9 Å². The third-order valence-electron chi connectivity index (χ3n) is 4.89.